The molecule has 0 radical (unpaired) electrons. The molecule has 0 aliphatic rings. The van der Waals surface area contributed by atoms with Crippen LogP contribution in [-0.4, -0.2) is 24.8 Å². The van der Waals surface area contributed by atoms with E-state index in [1.807, 2.05) is 0 Å². The fraction of sp³-hybridized carbons (Fsp3) is 0.0952. The van der Waals surface area contributed by atoms with Crippen LogP contribution in [0, 0.1) is 5.82 Å². The molecule has 4 N–H and O–H groups in total. The molecule has 1 unspecified atom stereocenters. The van der Waals surface area contributed by atoms with Crippen LogP contribution in [0.3, 0.4) is 0 Å². The first-order valence-corrected chi connectivity index (χ1v) is 8.77. The summed E-state index contributed by atoms with van der Waals surface area (Å²) in [4.78, 5) is 36.1. The number of nitrogens with one attached hydrogen (secondary N) is 2. The molecule has 0 aliphatic carbocycles. The predicted octanol–water partition coefficient (Wildman–Crippen LogP) is 2.37. The third-order valence-electron chi connectivity index (χ3n) is 4.25. The maximum atomic E-state index is 13.6. The highest BCUT2D eigenvalue weighted by molar-refractivity contribution is 6.39. The third kappa shape index (κ3) is 4.64. The van der Waals surface area contributed by atoms with Crippen molar-refractivity contribution >= 4 is 23.4 Å². The Morgan fingerprint density at radius 2 is 1.80 bits per heavy atom. The van der Waals surface area contributed by atoms with Crippen LogP contribution in [0.2, 0.25) is 0 Å². The van der Waals surface area contributed by atoms with E-state index >= 15 is 0 Å². The Kier molecular flexibility index (Phi) is 6.11. The number of hydrogen-bond donors (Lipinski definition) is 3. The van der Waals surface area contributed by atoms with Crippen LogP contribution in [0.25, 0.3) is 0 Å². The van der Waals surface area contributed by atoms with Crippen molar-refractivity contribution in [3.63, 3.8) is 0 Å². The Balaban J connectivity index is 1.77. The van der Waals surface area contributed by atoms with E-state index in [-0.39, 0.29) is 5.69 Å². The second-order valence-electron chi connectivity index (χ2n) is 6.21. The van der Waals surface area contributed by atoms with Crippen molar-refractivity contribution in [2.45, 2.75) is 6.04 Å². The summed E-state index contributed by atoms with van der Waals surface area (Å²) in [5.41, 5.74) is 5.39. The van der Waals surface area contributed by atoms with Gasteiger partial charge in [0, 0.05) is 5.69 Å². The average Bonchev–Trinajstić information content (AvgIpc) is 3.27. The number of benzene rings is 2. The summed E-state index contributed by atoms with van der Waals surface area (Å²) in [7, 11) is 1.53. The van der Waals surface area contributed by atoms with Gasteiger partial charge in [-0.2, -0.15) is 0 Å². The fourth-order valence-corrected chi connectivity index (χ4v) is 2.75. The highest BCUT2D eigenvalue weighted by atomic mass is 19.1. The van der Waals surface area contributed by atoms with E-state index in [4.69, 9.17) is 14.9 Å². The molecule has 1 heterocycles. The molecule has 3 rings (SSSR count). The number of nitrogens with two attached hydrogens (primary N) is 1. The zero-order chi connectivity index (χ0) is 21.7. The molecule has 0 spiro atoms. The molecule has 3 aromatic rings. The summed E-state index contributed by atoms with van der Waals surface area (Å²) in [6.07, 6.45) is 1.45. The number of carbonyl (C=O) groups excluding carboxylic acids is 3. The van der Waals surface area contributed by atoms with E-state index in [0.29, 0.717) is 17.1 Å². The molecule has 1 aromatic heterocycles. The number of furan rings is 1. The standard InChI is InChI=1S/C21H18FN3O5/c1-29-14-7-4-12(5-8-14)18(17-3-2-10-30-17)25-21(28)20(27)24-13-6-9-16(22)15(11-13)19(23)26/h2-11,18H,1H3,(H2,23,26)(H,24,27)(H,25,28). The number of rotatable bonds is 6. The minimum Gasteiger partial charge on any atom is -0.497 e. The number of hydrogen-bond acceptors (Lipinski definition) is 5. The van der Waals surface area contributed by atoms with Crippen molar-refractivity contribution in [2.75, 3.05) is 12.4 Å². The summed E-state index contributed by atoms with van der Waals surface area (Å²) in [6, 6.07) is 12.7. The number of primary amides is 1. The zero-order valence-corrected chi connectivity index (χ0v) is 15.8. The van der Waals surface area contributed by atoms with E-state index in [0.717, 1.165) is 12.1 Å². The van der Waals surface area contributed by atoms with Crippen molar-refractivity contribution in [2.24, 2.45) is 5.73 Å². The van der Waals surface area contributed by atoms with Gasteiger partial charge in [0.15, 0.2) is 0 Å². The number of carbonyl (C=O) groups is 3. The van der Waals surface area contributed by atoms with Gasteiger partial charge in [-0.3, -0.25) is 14.4 Å². The van der Waals surface area contributed by atoms with Gasteiger partial charge in [0.2, 0.25) is 0 Å². The number of amides is 3. The Labute approximate surface area is 170 Å². The lowest BCUT2D eigenvalue weighted by atomic mass is 10.0. The van der Waals surface area contributed by atoms with Crippen molar-refractivity contribution in [1.82, 2.24) is 5.32 Å². The molecule has 154 valence electrons. The maximum Gasteiger partial charge on any atom is 0.313 e. The molecule has 0 fully saturated rings. The first-order valence-electron chi connectivity index (χ1n) is 8.77. The minimum absolute atomic E-state index is 0.0457. The van der Waals surface area contributed by atoms with E-state index < -0.39 is 35.1 Å². The molecule has 0 aliphatic heterocycles. The van der Waals surface area contributed by atoms with Gasteiger partial charge in [0.1, 0.15) is 23.4 Å². The molecule has 30 heavy (non-hydrogen) atoms. The van der Waals surface area contributed by atoms with Gasteiger partial charge >= 0.3 is 11.8 Å². The Morgan fingerprint density at radius 1 is 1.07 bits per heavy atom. The Hall–Kier alpha value is -4.14. The molecule has 0 bridgehead atoms. The third-order valence-corrected chi connectivity index (χ3v) is 4.25. The SMILES string of the molecule is COc1ccc(C(NC(=O)C(=O)Nc2ccc(F)c(C(N)=O)c2)c2ccco2)cc1. The monoisotopic (exact) mass is 411 g/mol. The minimum atomic E-state index is -1.01. The molecule has 0 saturated heterocycles. The van der Waals surface area contributed by atoms with E-state index in [2.05, 4.69) is 10.6 Å². The summed E-state index contributed by atoms with van der Waals surface area (Å²) in [5, 5.41) is 4.90. The fourth-order valence-electron chi connectivity index (χ4n) is 2.75. The first-order chi connectivity index (χ1) is 14.4. The second-order valence-corrected chi connectivity index (χ2v) is 6.21. The summed E-state index contributed by atoms with van der Waals surface area (Å²) < 4.78 is 24.1. The van der Waals surface area contributed by atoms with Crippen LogP contribution in [0.15, 0.2) is 65.3 Å². The molecule has 9 heteroatoms. The zero-order valence-electron chi connectivity index (χ0n) is 15.8. The van der Waals surface area contributed by atoms with Crippen molar-refractivity contribution in [3.8, 4) is 5.75 Å². The normalized spacial score (nSPS) is 11.4. The van der Waals surface area contributed by atoms with Crippen LogP contribution < -0.4 is 21.1 Å². The van der Waals surface area contributed by atoms with Crippen LogP contribution in [0.5, 0.6) is 5.75 Å². The highest BCUT2D eigenvalue weighted by Crippen LogP contribution is 2.24. The van der Waals surface area contributed by atoms with Gasteiger partial charge in [0.25, 0.3) is 5.91 Å². The number of halogens is 1. The largest absolute Gasteiger partial charge is 0.497 e. The quantitative estimate of drug-likeness (QED) is 0.537. The predicted molar refractivity (Wildman–Crippen MR) is 105 cm³/mol. The van der Waals surface area contributed by atoms with Crippen molar-refractivity contribution < 1.29 is 27.9 Å². The first kappa shape index (κ1) is 20.6. The molecule has 2 aromatic carbocycles. The molecule has 0 saturated carbocycles. The molecule has 1 atom stereocenters. The number of anilines is 1. The topological polar surface area (TPSA) is 124 Å². The highest BCUT2D eigenvalue weighted by Gasteiger charge is 2.24. The van der Waals surface area contributed by atoms with Gasteiger partial charge in [-0.05, 0) is 48.0 Å². The smallest absolute Gasteiger partial charge is 0.313 e. The van der Waals surface area contributed by atoms with Gasteiger partial charge < -0.3 is 25.5 Å². The van der Waals surface area contributed by atoms with Gasteiger partial charge in [-0.15, -0.1) is 0 Å². The second kappa shape index (κ2) is 8.91. The van der Waals surface area contributed by atoms with E-state index in [9.17, 15) is 18.8 Å². The van der Waals surface area contributed by atoms with Gasteiger partial charge in [0.05, 0.1) is 18.9 Å². The average molecular weight is 411 g/mol. The van der Waals surface area contributed by atoms with Crippen molar-refractivity contribution in [3.05, 3.63) is 83.6 Å². The Morgan fingerprint density at radius 3 is 2.40 bits per heavy atom. The molecule has 8 nitrogen and oxygen atoms in total. The van der Waals surface area contributed by atoms with Crippen LogP contribution in [0.1, 0.15) is 27.7 Å². The lowest BCUT2D eigenvalue weighted by Gasteiger charge is -2.17. The lowest BCUT2D eigenvalue weighted by Crippen LogP contribution is -2.38. The summed E-state index contributed by atoms with van der Waals surface area (Å²) in [6.45, 7) is 0. The molecular weight excluding hydrogens is 393 g/mol. The van der Waals surface area contributed by atoms with Gasteiger partial charge in [-0.1, -0.05) is 12.1 Å². The van der Waals surface area contributed by atoms with E-state index in [1.54, 1.807) is 36.4 Å². The summed E-state index contributed by atoms with van der Waals surface area (Å²) in [5.74, 6) is -2.76. The lowest BCUT2D eigenvalue weighted by molar-refractivity contribution is -0.136. The number of methoxy groups -OCH3 is 1. The van der Waals surface area contributed by atoms with Crippen LogP contribution in [-0.2, 0) is 9.59 Å². The van der Waals surface area contributed by atoms with Crippen molar-refractivity contribution in [1.29, 1.82) is 0 Å². The van der Waals surface area contributed by atoms with Crippen LogP contribution in [0.4, 0.5) is 10.1 Å². The Bertz CT molecular complexity index is 1060. The van der Waals surface area contributed by atoms with Crippen LogP contribution >= 0.6 is 0 Å². The van der Waals surface area contributed by atoms with Gasteiger partial charge in [-0.25, -0.2) is 4.39 Å². The number of ether oxygens (including phenoxy) is 1. The van der Waals surface area contributed by atoms with E-state index in [1.165, 1.54) is 19.4 Å². The summed E-state index contributed by atoms with van der Waals surface area (Å²) >= 11 is 0. The molecular formula is C21H18FN3O5. The maximum absolute atomic E-state index is 13.6. The molecule has 3 amide bonds.